The molecule has 1 fully saturated rings. The summed E-state index contributed by atoms with van der Waals surface area (Å²) in [6, 6.07) is 7.54. The molecule has 7 heteroatoms. The lowest BCUT2D eigenvalue weighted by molar-refractivity contribution is -0.191. The minimum absolute atomic E-state index is 0.204. The van der Waals surface area contributed by atoms with E-state index >= 15 is 0 Å². The van der Waals surface area contributed by atoms with Gasteiger partial charge >= 0.3 is 5.97 Å². The van der Waals surface area contributed by atoms with Gasteiger partial charge in [-0.1, -0.05) is 25.1 Å². The monoisotopic (exact) mass is 396 g/mol. The largest absolute Gasteiger partial charge is 0.465 e. The molecule has 3 heterocycles. The number of rotatable bonds is 4. The number of hydrogen-bond donors (Lipinski definition) is 2. The molecule has 1 saturated heterocycles. The van der Waals surface area contributed by atoms with E-state index in [0.717, 1.165) is 41.4 Å². The van der Waals surface area contributed by atoms with Crippen LogP contribution in [-0.4, -0.2) is 40.7 Å². The zero-order valence-corrected chi connectivity index (χ0v) is 17.0. The van der Waals surface area contributed by atoms with Crippen LogP contribution in [0, 0.1) is 16.9 Å². The zero-order chi connectivity index (χ0) is 20.8. The number of fused-ring (bicyclic) bond motifs is 5. The van der Waals surface area contributed by atoms with Crippen LogP contribution in [0.15, 0.2) is 24.3 Å². The van der Waals surface area contributed by atoms with Gasteiger partial charge in [-0.15, -0.1) is 0 Å². The van der Waals surface area contributed by atoms with E-state index in [-0.39, 0.29) is 12.5 Å². The number of para-hydroxylation sites is 1. The van der Waals surface area contributed by atoms with E-state index < -0.39 is 17.1 Å². The van der Waals surface area contributed by atoms with Gasteiger partial charge in [-0.25, -0.2) is 4.79 Å². The molecule has 0 unspecified atom stereocenters. The van der Waals surface area contributed by atoms with Crippen molar-refractivity contribution in [3.8, 4) is 6.19 Å². The Morgan fingerprint density at radius 2 is 2.21 bits per heavy atom. The highest BCUT2D eigenvalue weighted by Gasteiger charge is 2.59. The van der Waals surface area contributed by atoms with E-state index in [1.165, 1.54) is 7.11 Å². The lowest BCUT2D eigenvalue weighted by Crippen LogP contribution is -2.58. The standard InChI is InChI=1S/C22H28N4O3/c1-3-21-10-6-12-25(14-24)19(21)18-16(9-11-23)15-7-4-5-8-17(15)26(18)22(28,13-21)20(27)29-2/h4-5,7-8,19,28H,3,6,9-13,23H2,1-2H3/t19-,21+,22+/m1/s1. The highest BCUT2D eigenvalue weighted by molar-refractivity contribution is 5.89. The molecule has 2 aromatic rings. The maximum Gasteiger partial charge on any atom is 0.359 e. The third-order valence-corrected chi connectivity index (χ3v) is 6.95. The number of methoxy groups -OCH3 is 1. The minimum Gasteiger partial charge on any atom is -0.465 e. The highest BCUT2D eigenvalue weighted by Crippen LogP contribution is 2.59. The van der Waals surface area contributed by atoms with Crippen molar-refractivity contribution in [3.63, 3.8) is 0 Å². The fraction of sp³-hybridized carbons (Fsp3) is 0.545. The van der Waals surface area contributed by atoms with Crippen molar-refractivity contribution in [1.29, 1.82) is 5.26 Å². The zero-order valence-electron chi connectivity index (χ0n) is 17.0. The second kappa shape index (κ2) is 7.05. The van der Waals surface area contributed by atoms with Crippen molar-refractivity contribution in [2.75, 3.05) is 20.2 Å². The molecular formula is C22H28N4O3. The average Bonchev–Trinajstić information content (AvgIpc) is 3.08. The van der Waals surface area contributed by atoms with Crippen molar-refractivity contribution >= 4 is 16.9 Å². The molecule has 4 rings (SSSR count). The Kier molecular flexibility index (Phi) is 4.80. The first-order valence-electron chi connectivity index (χ1n) is 10.3. The summed E-state index contributed by atoms with van der Waals surface area (Å²) in [6.07, 6.45) is 5.65. The fourth-order valence-electron chi connectivity index (χ4n) is 5.74. The first-order valence-corrected chi connectivity index (χ1v) is 10.3. The van der Waals surface area contributed by atoms with E-state index in [4.69, 9.17) is 10.5 Å². The lowest BCUT2D eigenvalue weighted by Gasteiger charge is -2.55. The molecule has 7 nitrogen and oxygen atoms in total. The Morgan fingerprint density at radius 3 is 2.86 bits per heavy atom. The molecule has 3 atom stereocenters. The number of esters is 1. The van der Waals surface area contributed by atoms with Gasteiger partial charge < -0.3 is 25.0 Å². The van der Waals surface area contributed by atoms with E-state index in [2.05, 4.69) is 13.1 Å². The summed E-state index contributed by atoms with van der Waals surface area (Å²) in [5.74, 6) is -0.667. The van der Waals surface area contributed by atoms with Crippen LogP contribution in [0.2, 0.25) is 0 Å². The molecule has 2 aliphatic heterocycles. The number of hydrogen-bond acceptors (Lipinski definition) is 6. The molecule has 0 amide bonds. The fourth-order valence-corrected chi connectivity index (χ4v) is 5.74. The topological polar surface area (TPSA) is 105 Å². The number of nitrogens with zero attached hydrogens (tertiary/aromatic N) is 3. The van der Waals surface area contributed by atoms with Crippen LogP contribution in [0.1, 0.15) is 49.9 Å². The lowest BCUT2D eigenvalue weighted by atomic mass is 9.63. The summed E-state index contributed by atoms with van der Waals surface area (Å²) < 4.78 is 6.81. The van der Waals surface area contributed by atoms with Gasteiger partial charge in [0.15, 0.2) is 6.19 Å². The van der Waals surface area contributed by atoms with Crippen LogP contribution in [0.5, 0.6) is 0 Å². The summed E-state index contributed by atoms with van der Waals surface area (Å²) in [6.45, 7) is 3.19. The van der Waals surface area contributed by atoms with Crippen molar-refractivity contribution in [2.45, 2.75) is 50.8 Å². The Balaban J connectivity index is 2.14. The summed E-state index contributed by atoms with van der Waals surface area (Å²) in [4.78, 5) is 14.8. The number of nitriles is 1. The SMILES string of the molecule is CC[C@@]12CCCN(C#N)[C@@H]1c1c(CCN)c3ccccc3n1[C@@](O)(C(=O)OC)C2. The van der Waals surface area contributed by atoms with Crippen molar-refractivity contribution in [2.24, 2.45) is 11.1 Å². The second-order valence-corrected chi connectivity index (χ2v) is 8.26. The maximum absolute atomic E-state index is 12.9. The number of benzene rings is 1. The van der Waals surface area contributed by atoms with Gasteiger partial charge in [0.2, 0.25) is 5.72 Å². The third kappa shape index (κ3) is 2.59. The molecule has 0 radical (unpaired) electrons. The molecule has 29 heavy (non-hydrogen) atoms. The average molecular weight is 396 g/mol. The quantitative estimate of drug-likeness (QED) is 0.607. The van der Waals surface area contributed by atoms with Gasteiger partial charge in [0.1, 0.15) is 0 Å². The number of aromatic nitrogens is 1. The number of nitrogens with two attached hydrogens (primary N) is 1. The summed E-state index contributed by atoms with van der Waals surface area (Å²) in [7, 11) is 1.31. The molecule has 154 valence electrons. The van der Waals surface area contributed by atoms with Crippen LogP contribution in [0.3, 0.4) is 0 Å². The van der Waals surface area contributed by atoms with Gasteiger partial charge in [0.25, 0.3) is 0 Å². The van der Waals surface area contributed by atoms with Crippen molar-refractivity contribution in [1.82, 2.24) is 9.47 Å². The third-order valence-electron chi connectivity index (χ3n) is 6.95. The Hall–Kier alpha value is -2.56. The first kappa shape index (κ1) is 19.7. The van der Waals surface area contributed by atoms with E-state index in [0.29, 0.717) is 19.5 Å². The van der Waals surface area contributed by atoms with E-state index in [1.54, 1.807) is 4.57 Å². The molecular weight excluding hydrogens is 368 g/mol. The molecule has 1 aromatic heterocycles. The molecule has 1 aromatic carbocycles. The number of piperidine rings is 1. The van der Waals surface area contributed by atoms with E-state index in [9.17, 15) is 15.2 Å². The smallest absolute Gasteiger partial charge is 0.359 e. The number of likely N-dealkylation sites (tertiary alicyclic amines) is 1. The summed E-state index contributed by atoms with van der Waals surface area (Å²) >= 11 is 0. The van der Waals surface area contributed by atoms with Gasteiger partial charge in [0.05, 0.1) is 18.7 Å². The van der Waals surface area contributed by atoms with Gasteiger partial charge in [0, 0.05) is 29.5 Å². The number of ether oxygens (including phenoxy) is 1. The van der Waals surface area contributed by atoms with Crippen LogP contribution < -0.4 is 5.73 Å². The summed E-state index contributed by atoms with van der Waals surface area (Å²) in [5.41, 5.74) is 6.35. The Labute approximate surface area is 170 Å². The number of aliphatic hydroxyl groups is 1. The van der Waals surface area contributed by atoms with Crippen LogP contribution in [0.25, 0.3) is 10.9 Å². The Morgan fingerprint density at radius 1 is 1.45 bits per heavy atom. The predicted octanol–water partition coefficient (Wildman–Crippen LogP) is 2.38. The van der Waals surface area contributed by atoms with Crippen LogP contribution in [-0.2, 0) is 21.7 Å². The second-order valence-electron chi connectivity index (χ2n) is 8.26. The minimum atomic E-state index is -1.82. The molecule has 2 aliphatic rings. The van der Waals surface area contributed by atoms with E-state index in [1.807, 2.05) is 29.2 Å². The summed E-state index contributed by atoms with van der Waals surface area (Å²) in [5, 5.41) is 22.7. The van der Waals surface area contributed by atoms with Crippen molar-refractivity contribution in [3.05, 3.63) is 35.5 Å². The van der Waals surface area contributed by atoms with Crippen LogP contribution in [0.4, 0.5) is 0 Å². The molecule has 0 aliphatic carbocycles. The molecule has 3 N–H and O–H groups in total. The van der Waals surface area contributed by atoms with Crippen LogP contribution >= 0.6 is 0 Å². The molecule has 0 bridgehead atoms. The highest BCUT2D eigenvalue weighted by atomic mass is 16.5. The van der Waals surface area contributed by atoms with Gasteiger partial charge in [-0.3, -0.25) is 0 Å². The number of carbonyl (C=O) groups is 1. The predicted molar refractivity (Wildman–Crippen MR) is 109 cm³/mol. The molecule has 0 saturated carbocycles. The first-order chi connectivity index (χ1) is 14.0. The van der Waals surface area contributed by atoms with Gasteiger partial charge in [-0.05, 0) is 43.9 Å². The normalized spacial score (nSPS) is 28.5. The number of carbonyl (C=O) groups excluding carboxylic acids is 1. The maximum atomic E-state index is 12.9. The van der Waals surface area contributed by atoms with Crippen molar-refractivity contribution < 1.29 is 14.6 Å². The van der Waals surface area contributed by atoms with Gasteiger partial charge in [-0.2, -0.15) is 5.26 Å². The molecule has 0 spiro atoms. The Bertz CT molecular complexity index is 994.